The number of carbonyl (C=O) groups excluding carboxylic acids is 2. The van der Waals surface area contributed by atoms with Gasteiger partial charge in [0.05, 0.1) is 45.6 Å². The van der Waals surface area contributed by atoms with Gasteiger partial charge >= 0.3 is 5.91 Å². The molecule has 200 valence electrons. The van der Waals surface area contributed by atoms with Gasteiger partial charge in [-0.3, -0.25) is 14.5 Å². The molecule has 1 N–H and O–H groups in total. The molecule has 0 saturated carbocycles. The van der Waals surface area contributed by atoms with Crippen LogP contribution < -0.4 is 14.4 Å². The number of aliphatic hydroxyl groups is 1. The number of carbonyl (C=O) groups is 2. The summed E-state index contributed by atoms with van der Waals surface area (Å²) in [5.74, 6) is -0.780. The first-order chi connectivity index (χ1) is 18.8. The van der Waals surface area contributed by atoms with Crippen LogP contribution in [0.2, 0.25) is 10.0 Å². The van der Waals surface area contributed by atoms with Crippen molar-refractivity contribution < 1.29 is 24.2 Å². The summed E-state index contributed by atoms with van der Waals surface area (Å²) in [5.41, 5.74) is 1.40. The van der Waals surface area contributed by atoms with E-state index in [1.165, 1.54) is 16.2 Å². The molecule has 1 aliphatic heterocycles. The number of hydrogen-bond acceptors (Lipinski definition) is 7. The van der Waals surface area contributed by atoms with E-state index in [1.807, 2.05) is 6.07 Å². The van der Waals surface area contributed by atoms with Crippen molar-refractivity contribution in [3.8, 4) is 11.5 Å². The van der Waals surface area contributed by atoms with E-state index >= 15 is 0 Å². The lowest BCUT2D eigenvalue weighted by Gasteiger charge is -2.23. The fourth-order valence-electron chi connectivity index (χ4n) is 4.37. The van der Waals surface area contributed by atoms with E-state index < -0.39 is 17.7 Å². The van der Waals surface area contributed by atoms with Gasteiger partial charge in [0.15, 0.2) is 5.13 Å². The van der Waals surface area contributed by atoms with E-state index in [9.17, 15) is 14.7 Å². The summed E-state index contributed by atoms with van der Waals surface area (Å²) < 4.78 is 11.9. The third-order valence-corrected chi connectivity index (χ3v) is 8.12. The van der Waals surface area contributed by atoms with Crippen LogP contribution >= 0.6 is 34.5 Å². The molecule has 4 aromatic rings. The van der Waals surface area contributed by atoms with Crippen molar-refractivity contribution in [2.75, 3.05) is 18.6 Å². The molecular weight excluding hydrogens is 559 g/mol. The maximum atomic E-state index is 13.5. The average Bonchev–Trinajstić information content (AvgIpc) is 3.47. The van der Waals surface area contributed by atoms with Crippen LogP contribution in [0.25, 0.3) is 16.0 Å². The number of halogens is 2. The molecular formula is C29H24Cl2N2O5S. The predicted octanol–water partition coefficient (Wildman–Crippen LogP) is 7.42. The van der Waals surface area contributed by atoms with Crippen LogP contribution in [0.5, 0.6) is 11.5 Å². The second-order valence-electron chi connectivity index (χ2n) is 8.90. The summed E-state index contributed by atoms with van der Waals surface area (Å²) >= 11 is 13.7. The first kappa shape index (κ1) is 27.0. The van der Waals surface area contributed by atoms with Gasteiger partial charge in [-0.05, 0) is 54.4 Å². The molecule has 1 fully saturated rings. The minimum absolute atomic E-state index is 0.0825. The Labute approximate surface area is 239 Å². The van der Waals surface area contributed by atoms with Gasteiger partial charge in [-0.15, -0.1) is 0 Å². The number of ether oxygens (including phenoxy) is 2. The molecule has 5 rings (SSSR count). The first-order valence-electron chi connectivity index (χ1n) is 12.3. The highest BCUT2D eigenvalue weighted by Crippen LogP contribution is 2.45. The largest absolute Gasteiger partial charge is 0.507 e. The van der Waals surface area contributed by atoms with Crippen molar-refractivity contribution in [1.29, 1.82) is 0 Å². The fraction of sp³-hybridized carbons (Fsp3) is 0.207. The fourth-order valence-corrected chi connectivity index (χ4v) is 5.70. The molecule has 1 unspecified atom stereocenters. The van der Waals surface area contributed by atoms with Gasteiger partial charge in [0.1, 0.15) is 17.3 Å². The van der Waals surface area contributed by atoms with Gasteiger partial charge < -0.3 is 14.6 Å². The van der Waals surface area contributed by atoms with Crippen LogP contribution in [-0.4, -0.2) is 35.5 Å². The van der Waals surface area contributed by atoms with Gasteiger partial charge in [0.25, 0.3) is 5.78 Å². The summed E-state index contributed by atoms with van der Waals surface area (Å²) in [4.78, 5) is 32.9. The number of thiazole rings is 1. The monoisotopic (exact) mass is 582 g/mol. The number of hydrogen-bond donors (Lipinski definition) is 1. The van der Waals surface area contributed by atoms with E-state index in [0.29, 0.717) is 44.9 Å². The van der Waals surface area contributed by atoms with Crippen molar-refractivity contribution in [3.63, 3.8) is 0 Å². The molecule has 7 nitrogen and oxygen atoms in total. The summed E-state index contributed by atoms with van der Waals surface area (Å²) in [6.45, 7) is 2.59. The van der Waals surface area contributed by atoms with Crippen LogP contribution in [-0.2, 0) is 9.59 Å². The molecule has 0 spiro atoms. The number of amides is 1. The van der Waals surface area contributed by atoms with Gasteiger partial charge in [-0.25, -0.2) is 4.98 Å². The summed E-state index contributed by atoms with van der Waals surface area (Å²) in [6.07, 6.45) is 1.86. The van der Waals surface area contributed by atoms with Gasteiger partial charge in [-0.2, -0.15) is 0 Å². The third-order valence-electron chi connectivity index (χ3n) is 6.37. The zero-order valence-electron chi connectivity index (χ0n) is 21.1. The maximum Gasteiger partial charge on any atom is 0.301 e. The van der Waals surface area contributed by atoms with Gasteiger partial charge in [0.2, 0.25) is 0 Å². The lowest BCUT2D eigenvalue weighted by Crippen LogP contribution is -2.29. The normalized spacial score (nSPS) is 16.7. The Morgan fingerprint density at radius 1 is 1.05 bits per heavy atom. The van der Waals surface area contributed by atoms with Gasteiger partial charge in [-0.1, -0.05) is 66.1 Å². The summed E-state index contributed by atoms with van der Waals surface area (Å²) in [6, 6.07) is 16.0. The first-order valence-corrected chi connectivity index (χ1v) is 13.8. The Bertz CT molecular complexity index is 1620. The molecule has 1 saturated heterocycles. The number of rotatable bonds is 8. The Morgan fingerprint density at radius 3 is 2.62 bits per heavy atom. The van der Waals surface area contributed by atoms with Crippen molar-refractivity contribution in [2.24, 2.45) is 0 Å². The van der Waals surface area contributed by atoms with E-state index in [4.69, 9.17) is 32.7 Å². The SMILES string of the molecule is CCCCOc1cccc(/C(O)=C2\C(=O)C(=O)N(c3nc4ccc(OC)cc4s3)C2c2ccc(Cl)c(Cl)c2)c1. The summed E-state index contributed by atoms with van der Waals surface area (Å²) in [7, 11) is 1.57. The van der Waals surface area contributed by atoms with Crippen LogP contribution in [0.3, 0.4) is 0 Å². The molecule has 1 atom stereocenters. The number of fused-ring (bicyclic) bond motifs is 1. The zero-order chi connectivity index (χ0) is 27.7. The van der Waals surface area contributed by atoms with Crippen molar-refractivity contribution in [3.05, 3.63) is 87.4 Å². The Kier molecular flexibility index (Phi) is 7.79. The van der Waals surface area contributed by atoms with E-state index in [1.54, 1.807) is 61.7 Å². The Hall–Kier alpha value is -3.59. The number of anilines is 1. The topological polar surface area (TPSA) is 89.0 Å². The van der Waals surface area contributed by atoms with E-state index in [0.717, 1.165) is 17.5 Å². The maximum absolute atomic E-state index is 13.5. The molecule has 3 aromatic carbocycles. The van der Waals surface area contributed by atoms with Crippen molar-refractivity contribution in [2.45, 2.75) is 25.8 Å². The van der Waals surface area contributed by atoms with Crippen LogP contribution in [0.4, 0.5) is 5.13 Å². The second-order valence-corrected chi connectivity index (χ2v) is 10.7. The molecule has 1 amide bonds. The number of benzene rings is 3. The summed E-state index contributed by atoms with van der Waals surface area (Å²) in [5, 5.41) is 12.3. The van der Waals surface area contributed by atoms with Crippen LogP contribution in [0, 0.1) is 0 Å². The molecule has 0 radical (unpaired) electrons. The number of aromatic nitrogens is 1. The number of Topliss-reactive ketones (excluding diaryl/α,β-unsaturated/α-hetero) is 1. The highest BCUT2D eigenvalue weighted by molar-refractivity contribution is 7.22. The van der Waals surface area contributed by atoms with Crippen molar-refractivity contribution >= 4 is 67.3 Å². The van der Waals surface area contributed by atoms with Crippen LogP contribution in [0.15, 0.2) is 66.2 Å². The van der Waals surface area contributed by atoms with E-state index in [2.05, 4.69) is 11.9 Å². The number of aliphatic hydroxyl groups excluding tert-OH is 1. The van der Waals surface area contributed by atoms with Crippen LogP contribution in [0.1, 0.15) is 36.9 Å². The third kappa shape index (κ3) is 5.20. The minimum atomic E-state index is -0.994. The number of unbranched alkanes of at least 4 members (excludes halogenated alkanes) is 1. The molecule has 1 aromatic heterocycles. The quantitative estimate of drug-likeness (QED) is 0.101. The average molecular weight is 583 g/mol. The predicted molar refractivity (Wildman–Crippen MR) is 154 cm³/mol. The number of nitrogens with zero attached hydrogens (tertiary/aromatic N) is 2. The van der Waals surface area contributed by atoms with Crippen molar-refractivity contribution in [1.82, 2.24) is 4.98 Å². The smallest absolute Gasteiger partial charge is 0.301 e. The molecule has 0 aliphatic carbocycles. The number of ketones is 1. The van der Waals surface area contributed by atoms with E-state index in [-0.39, 0.29) is 16.4 Å². The Morgan fingerprint density at radius 2 is 1.87 bits per heavy atom. The lowest BCUT2D eigenvalue weighted by molar-refractivity contribution is -0.132. The highest BCUT2D eigenvalue weighted by Gasteiger charge is 2.48. The molecule has 39 heavy (non-hydrogen) atoms. The standard InChI is InChI=1S/C29H24Cl2N2O5S/c1-3-4-12-38-19-7-5-6-17(13-19)26(34)24-25(16-8-10-20(30)21(31)14-16)33(28(36)27(24)35)29-32-22-11-9-18(37-2)15-23(22)39-29/h5-11,13-15,25,34H,3-4,12H2,1-2H3/b26-24+. The molecule has 10 heteroatoms. The molecule has 2 heterocycles. The zero-order valence-corrected chi connectivity index (χ0v) is 23.4. The second kappa shape index (κ2) is 11.3. The Balaban J connectivity index is 1.66. The highest BCUT2D eigenvalue weighted by atomic mass is 35.5. The lowest BCUT2D eigenvalue weighted by atomic mass is 9.95. The molecule has 0 bridgehead atoms. The number of methoxy groups -OCH3 is 1. The minimum Gasteiger partial charge on any atom is -0.507 e. The van der Waals surface area contributed by atoms with Gasteiger partial charge in [0, 0.05) is 5.56 Å². The molecule has 1 aliphatic rings.